The first-order valence-electron chi connectivity index (χ1n) is 17.3. The first-order valence-corrected chi connectivity index (χ1v) is 17.3. The number of carbonyl (C=O) groups excluding carboxylic acids is 2. The largest absolute Gasteiger partial charge is 0.493 e. The summed E-state index contributed by atoms with van der Waals surface area (Å²) in [6, 6.07) is 22.5. The fourth-order valence-electron chi connectivity index (χ4n) is 6.52. The predicted molar refractivity (Wildman–Crippen MR) is 185 cm³/mol. The highest BCUT2D eigenvalue weighted by molar-refractivity contribution is 5.86. The number of piperazine rings is 1. The Kier molecular flexibility index (Phi) is 13.7. The van der Waals surface area contributed by atoms with Gasteiger partial charge in [-0.2, -0.15) is 0 Å². The zero-order valence-corrected chi connectivity index (χ0v) is 28.7. The number of rotatable bonds is 15. The first kappa shape index (κ1) is 36.1. The molecule has 0 saturated carbocycles. The van der Waals surface area contributed by atoms with Crippen molar-refractivity contribution in [1.29, 1.82) is 0 Å². The Morgan fingerprint density at radius 2 is 1.49 bits per heavy atom. The van der Waals surface area contributed by atoms with Crippen LogP contribution in [0.4, 0.5) is 9.18 Å². The maximum absolute atomic E-state index is 15.5. The van der Waals surface area contributed by atoms with Crippen molar-refractivity contribution in [3.05, 3.63) is 95.3 Å². The topological polar surface area (TPSA) is 92.8 Å². The van der Waals surface area contributed by atoms with Gasteiger partial charge in [-0.3, -0.25) is 9.69 Å². The third-order valence-electron chi connectivity index (χ3n) is 9.28. The Hall–Kier alpha value is -4.19. The van der Waals surface area contributed by atoms with E-state index in [2.05, 4.69) is 39.4 Å². The number of piperidine rings is 1. The van der Waals surface area contributed by atoms with E-state index in [1.807, 2.05) is 48.2 Å². The second-order valence-electron chi connectivity index (χ2n) is 12.5. The maximum Gasteiger partial charge on any atom is 0.408 e. The van der Waals surface area contributed by atoms with Crippen molar-refractivity contribution >= 4 is 12.0 Å². The second kappa shape index (κ2) is 18.5. The van der Waals surface area contributed by atoms with Crippen LogP contribution in [-0.2, 0) is 33.8 Å². The number of likely N-dealkylation sites (tertiary alicyclic amines) is 1. The smallest absolute Gasteiger partial charge is 0.408 e. The number of amides is 2. The average molecular weight is 677 g/mol. The van der Waals surface area contributed by atoms with Crippen molar-refractivity contribution in [2.24, 2.45) is 5.92 Å². The molecule has 2 aliphatic heterocycles. The SMILES string of the molecule is CCOc1ccc(OCOC)c(F)c1CN1CCN(C(=O)[C@H](NC(=O)OCc2ccccc2)C2CCN(CCc3ccccc3)CC2)CC1. The number of nitrogens with one attached hydrogen (secondary N) is 1. The molecule has 11 heteroatoms. The molecular weight excluding hydrogens is 627 g/mol. The minimum absolute atomic E-state index is 0.0135. The van der Waals surface area contributed by atoms with Gasteiger partial charge in [-0.1, -0.05) is 60.7 Å². The van der Waals surface area contributed by atoms with Crippen molar-refractivity contribution in [2.75, 3.05) is 66.3 Å². The van der Waals surface area contributed by atoms with E-state index in [1.54, 1.807) is 12.1 Å². The number of methoxy groups -OCH3 is 1. The zero-order chi connectivity index (χ0) is 34.4. The molecule has 2 heterocycles. The molecule has 0 aliphatic carbocycles. The van der Waals surface area contributed by atoms with Crippen molar-refractivity contribution in [3.8, 4) is 11.5 Å². The van der Waals surface area contributed by atoms with Crippen molar-refractivity contribution in [1.82, 2.24) is 20.0 Å². The number of carbonyl (C=O) groups is 2. The molecule has 3 aromatic rings. The summed E-state index contributed by atoms with van der Waals surface area (Å²) >= 11 is 0. The Morgan fingerprint density at radius 1 is 0.837 bits per heavy atom. The third-order valence-corrected chi connectivity index (χ3v) is 9.28. The molecule has 0 spiro atoms. The van der Waals surface area contributed by atoms with Crippen LogP contribution in [0.25, 0.3) is 0 Å². The highest BCUT2D eigenvalue weighted by Gasteiger charge is 2.37. The van der Waals surface area contributed by atoms with Crippen LogP contribution in [0.3, 0.4) is 0 Å². The van der Waals surface area contributed by atoms with Crippen LogP contribution in [0, 0.1) is 11.7 Å². The van der Waals surface area contributed by atoms with E-state index in [0.29, 0.717) is 50.6 Å². The highest BCUT2D eigenvalue weighted by Crippen LogP contribution is 2.31. The Balaban J connectivity index is 1.20. The molecule has 2 amide bonds. The quantitative estimate of drug-likeness (QED) is 0.223. The molecular formula is C38H49FN4O6. The van der Waals surface area contributed by atoms with Crippen LogP contribution < -0.4 is 14.8 Å². The molecule has 0 aromatic heterocycles. The minimum Gasteiger partial charge on any atom is -0.493 e. The fourth-order valence-corrected chi connectivity index (χ4v) is 6.52. The number of hydrogen-bond acceptors (Lipinski definition) is 8. The van der Waals surface area contributed by atoms with E-state index < -0.39 is 18.0 Å². The van der Waals surface area contributed by atoms with Gasteiger partial charge in [0.2, 0.25) is 5.91 Å². The molecule has 0 unspecified atom stereocenters. The molecule has 2 saturated heterocycles. The lowest BCUT2D eigenvalue weighted by Crippen LogP contribution is -2.58. The number of benzene rings is 3. The average Bonchev–Trinajstić information content (AvgIpc) is 3.14. The molecule has 1 N–H and O–H groups in total. The summed E-state index contributed by atoms with van der Waals surface area (Å²) in [7, 11) is 1.48. The number of alkyl carbamates (subject to hydrolysis) is 1. The van der Waals surface area contributed by atoms with Gasteiger partial charge in [0, 0.05) is 51.9 Å². The van der Waals surface area contributed by atoms with Crippen molar-refractivity contribution < 1.29 is 32.9 Å². The van der Waals surface area contributed by atoms with Gasteiger partial charge in [0.1, 0.15) is 18.4 Å². The zero-order valence-electron chi connectivity index (χ0n) is 28.7. The van der Waals surface area contributed by atoms with Crippen LogP contribution in [0.2, 0.25) is 0 Å². The first-order chi connectivity index (χ1) is 23.9. The molecule has 1 atom stereocenters. The fraction of sp³-hybridized carbons (Fsp3) is 0.474. The van der Waals surface area contributed by atoms with Gasteiger partial charge >= 0.3 is 6.09 Å². The van der Waals surface area contributed by atoms with E-state index >= 15 is 4.39 Å². The van der Waals surface area contributed by atoms with Gasteiger partial charge in [-0.05, 0) is 68.5 Å². The molecule has 10 nitrogen and oxygen atoms in total. The van der Waals surface area contributed by atoms with Gasteiger partial charge in [0.15, 0.2) is 18.4 Å². The Morgan fingerprint density at radius 3 is 2.14 bits per heavy atom. The molecule has 2 aliphatic rings. The molecule has 5 rings (SSSR count). The summed E-state index contributed by atoms with van der Waals surface area (Å²) in [5.41, 5.74) is 2.60. The summed E-state index contributed by atoms with van der Waals surface area (Å²) in [5.74, 6) is -0.0180. The van der Waals surface area contributed by atoms with Gasteiger partial charge in [-0.15, -0.1) is 0 Å². The summed E-state index contributed by atoms with van der Waals surface area (Å²) in [5, 5.41) is 2.95. The molecule has 3 aromatic carbocycles. The molecule has 0 radical (unpaired) electrons. The van der Waals surface area contributed by atoms with Gasteiger partial charge < -0.3 is 34.1 Å². The minimum atomic E-state index is -0.692. The van der Waals surface area contributed by atoms with Crippen LogP contribution in [-0.4, -0.2) is 99.1 Å². The maximum atomic E-state index is 15.5. The highest BCUT2D eigenvalue weighted by atomic mass is 19.1. The van der Waals surface area contributed by atoms with Crippen molar-refractivity contribution in [2.45, 2.75) is 45.4 Å². The molecule has 264 valence electrons. The normalized spacial score (nSPS) is 16.6. The van der Waals surface area contributed by atoms with E-state index in [0.717, 1.165) is 44.5 Å². The number of ether oxygens (including phenoxy) is 4. The molecule has 49 heavy (non-hydrogen) atoms. The Bertz CT molecular complexity index is 1460. The summed E-state index contributed by atoms with van der Waals surface area (Å²) in [6.07, 6.45) is 1.97. The van der Waals surface area contributed by atoms with Crippen LogP contribution >= 0.6 is 0 Å². The lowest BCUT2D eigenvalue weighted by Gasteiger charge is -2.40. The summed E-state index contributed by atoms with van der Waals surface area (Å²) < 4.78 is 37.2. The van der Waals surface area contributed by atoms with Gasteiger partial charge in [-0.25, -0.2) is 9.18 Å². The van der Waals surface area contributed by atoms with E-state index in [1.165, 1.54) is 12.7 Å². The van der Waals surface area contributed by atoms with E-state index in [4.69, 9.17) is 18.9 Å². The lowest BCUT2D eigenvalue weighted by molar-refractivity contribution is -0.137. The van der Waals surface area contributed by atoms with Crippen LogP contribution in [0.1, 0.15) is 36.5 Å². The monoisotopic (exact) mass is 676 g/mol. The van der Waals surface area contributed by atoms with Crippen LogP contribution in [0.15, 0.2) is 72.8 Å². The standard InChI is InChI=1S/C38H49FN4O6/c1-3-47-33-14-15-34(49-28-46-2)35(39)32(33)26-42-22-24-43(25-23-42)37(44)36(40-38(45)48-27-30-12-8-5-9-13-30)31-17-20-41(21-18-31)19-16-29-10-6-4-7-11-29/h4-15,31,36H,3,16-28H2,1-2H3,(H,40,45)/t36-/m1/s1. The third kappa shape index (κ3) is 10.4. The predicted octanol–water partition coefficient (Wildman–Crippen LogP) is 5.10. The van der Waals surface area contributed by atoms with E-state index in [-0.39, 0.29) is 31.0 Å². The van der Waals surface area contributed by atoms with Crippen LogP contribution in [0.5, 0.6) is 11.5 Å². The Labute approximate surface area is 289 Å². The molecule has 2 fully saturated rings. The summed E-state index contributed by atoms with van der Waals surface area (Å²) in [6.45, 7) is 7.31. The second-order valence-corrected chi connectivity index (χ2v) is 12.5. The van der Waals surface area contributed by atoms with Gasteiger partial charge in [0.05, 0.1) is 6.61 Å². The van der Waals surface area contributed by atoms with Crippen molar-refractivity contribution in [3.63, 3.8) is 0 Å². The summed E-state index contributed by atoms with van der Waals surface area (Å²) in [4.78, 5) is 33.5. The van der Waals surface area contributed by atoms with E-state index in [9.17, 15) is 9.59 Å². The number of hydrogen-bond donors (Lipinski definition) is 1. The number of halogens is 1. The number of nitrogens with zero attached hydrogens (tertiary/aromatic N) is 3. The van der Waals surface area contributed by atoms with Gasteiger partial charge in [0.25, 0.3) is 0 Å². The lowest BCUT2D eigenvalue weighted by atomic mass is 9.88. The molecule has 0 bridgehead atoms.